The molecule has 0 atom stereocenters. The fourth-order valence-corrected chi connectivity index (χ4v) is 15.4. The summed E-state index contributed by atoms with van der Waals surface area (Å²) >= 11 is 0. The summed E-state index contributed by atoms with van der Waals surface area (Å²) in [6, 6.07) is 43.5. The molecule has 0 saturated carbocycles. The van der Waals surface area contributed by atoms with Crippen LogP contribution in [0.4, 0.5) is 0 Å². The fourth-order valence-electron chi connectivity index (χ4n) is 12.1. The Bertz CT molecular complexity index is 3580. The molecule has 2 aliphatic carbocycles. The number of benzene rings is 8. The lowest BCUT2D eigenvalue weighted by molar-refractivity contribution is 0.414. The highest BCUT2D eigenvalue weighted by Gasteiger charge is 2.31. The Kier molecular flexibility index (Phi) is 13.5. The smallest absolute Gasteiger partial charge is 0.221 e. The summed E-state index contributed by atoms with van der Waals surface area (Å²) in [4.78, 5) is 0. The van der Waals surface area contributed by atoms with E-state index in [0.717, 1.165) is 140 Å². The van der Waals surface area contributed by atoms with Crippen LogP contribution in [-0.2, 0) is 38.0 Å². The second-order valence-electron chi connectivity index (χ2n) is 20.6. The van der Waals surface area contributed by atoms with E-state index in [4.69, 9.17) is 35.7 Å². The van der Waals surface area contributed by atoms with Crippen LogP contribution in [-0.4, -0.2) is 28.4 Å². The van der Waals surface area contributed by atoms with E-state index < -0.39 is 16.0 Å². The molecule has 76 heavy (non-hydrogen) atoms. The van der Waals surface area contributed by atoms with Crippen LogP contribution in [0.15, 0.2) is 138 Å². The van der Waals surface area contributed by atoms with Crippen LogP contribution in [0.1, 0.15) is 81.3 Å². The highest BCUT2D eigenvalue weighted by Crippen LogP contribution is 2.53. The lowest BCUT2D eigenvalue weighted by atomic mass is 9.74. The summed E-state index contributed by atoms with van der Waals surface area (Å²) in [6.07, 6.45) is 9.57. The third-order valence-corrected chi connectivity index (χ3v) is 18.5. The summed E-state index contributed by atoms with van der Waals surface area (Å²) in [6.45, 7) is 8.41. The van der Waals surface area contributed by atoms with Gasteiger partial charge in [-0.2, -0.15) is 0 Å². The maximum atomic E-state index is 7.41. The van der Waals surface area contributed by atoms with E-state index >= 15 is 0 Å². The molecule has 10 heteroatoms. The highest BCUT2D eigenvalue weighted by atomic mass is 31.1. The molecule has 12 rings (SSSR count). The molecule has 0 aliphatic heterocycles. The Morgan fingerprint density at radius 1 is 0.382 bits per heavy atom. The Morgan fingerprint density at radius 2 is 0.684 bits per heavy atom. The first kappa shape index (κ1) is 49.6. The summed E-state index contributed by atoms with van der Waals surface area (Å²) < 4.78 is 53.2. The second-order valence-corrected chi connectivity index (χ2v) is 23.3. The molecule has 10 aromatic rings. The van der Waals surface area contributed by atoms with Gasteiger partial charge in [0.25, 0.3) is 0 Å². The first-order valence-electron chi connectivity index (χ1n) is 26.6. The molecule has 8 nitrogen and oxygen atoms in total. The summed E-state index contributed by atoms with van der Waals surface area (Å²) in [5.74, 6) is 3.04. The summed E-state index contributed by atoms with van der Waals surface area (Å²) in [5, 5.41) is 3.71. The van der Waals surface area contributed by atoms with Crippen molar-refractivity contribution in [3.05, 3.63) is 177 Å². The van der Waals surface area contributed by atoms with Gasteiger partial charge in [-0.15, -0.1) is 0 Å². The molecule has 2 heterocycles. The second kappa shape index (κ2) is 20.7. The van der Waals surface area contributed by atoms with E-state index in [1.165, 1.54) is 66.8 Å². The van der Waals surface area contributed by atoms with Gasteiger partial charge >= 0.3 is 0 Å². The quantitative estimate of drug-likeness (QED) is 0.127. The van der Waals surface area contributed by atoms with E-state index in [-0.39, 0.29) is 0 Å². The van der Waals surface area contributed by atoms with Crippen molar-refractivity contribution >= 4 is 59.9 Å². The molecule has 0 saturated heterocycles. The van der Waals surface area contributed by atoms with Crippen molar-refractivity contribution in [1.29, 1.82) is 0 Å². The number of hydrogen-bond donors (Lipinski definition) is 0. The zero-order valence-electron chi connectivity index (χ0n) is 44.8. The zero-order valence-corrected chi connectivity index (χ0v) is 46.6. The Hall–Kier alpha value is -7.24. The fraction of sp³-hybridized carbons (Fsp3) is 0.273. The van der Waals surface area contributed by atoms with Gasteiger partial charge < -0.3 is 35.7 Å². The number of hydrogen-bond acceptors (Lipinski definition) is 8. The van der Waals surface area contributed by atoms with Crippen molar-refractivity contribution in [2.24, 2.45) is 0 Å². The van der Waals surface area contributed by atoms with Crippen molar-refractivity contribution in [1.82, 2.24) is 0 Å². The van der Waals surface area contributed by atoms with Crippen LogP contribution in [0.25, 0.3) is 77.3 Å². The highest BCUT2D eigenvalue weighted by molar-refractivity contribution is 7.36. The SMILES string of the molecule is COc1cc(C)c2op(Cc3c(-c4ccccc4)cc4c(c3-c3c5c(cc(-c6ccccc6)c3Cp3oc6c(C)cc(OC)cc6c6cc(OC)cc(C)c6o3)CCCC5)CCCC4)oc3c(C)cc(OC)cc3c2c1. The van der Waals surface area contributed by atoms with Gasteiger partial charge in [-0.3, -0.25) is 0 Å². The van der Waals surface area contributed by atoms with Crippen LogP contribution in [0.5, 0.6) is 23.0 Å². The van der Waals surface area contributed by atoms with E-state index in [1.54, 1.807) is 28.4 Å². The van der Waals surface area contributed by atoms with Crippen molar-refractivity contribution in [2.45, 2.75) is 91.4 Å². The number of ether oxygens (including phenoxy) is 4. The van der Waals surface area contributed by atoms with Crippen molar-refractivity contribution in [3.63, 3.8) is 0 Å². The summed E-state index contributed by atoms with van der Waals surface area (Å²) in [5.41, 5.74) is 22.8. The van der Waals surface area contributed by atoms with Gasteiger partial charge in [-0.25, -0.2) is 0 Å². The van der Waals surface area contributed by atoms with Crippen LogP contribution in [0, 0.1) is 27.7 Å². The Morgan fingerprint density at radius 3 is 0.987 bits per heavy atom. The molecular weight excluding hydrogens is 983 g/mol. The number of methoxy groups -OCH3 is 4. The number of fused-ring (bicyclic) bond motifs is 8. The Labute approximate surface area is 446 Å². The van der Waals surface area contributed by atoms with Crippen LogP contribution >= 0.6 is 16.0 Å². The maximum absolute atomic E-state index is 7.41. The number of aryl methyl sites for hydroxylation is 6. The van der Waals surface area contributed by atoms with Crippen LogP contribution in [0.2, 0.25) is 0 Å². The molecule has 0 N–H and O–H groups in total. The minimum absolute atomic E-state index is 0.534. The minimum Gasteiger partial charge on any atom is -0.497 e. The molecule has 0 radical (unpaired) electrons. The topological polar surface area (TPSA) is 89.5 Å². The predicted molar refractivity (Wildman–Crippen MR) is 312 cm³/mol. The molecule has 2 aliphatic rings. The molecule has 0 bridgehead atoms. The van der Waals surface area contributed by atoms with E-state index in [0.29, 0.717) is 12.3 Å². The largest absolute Gasteiger partial charge is 0.497 e. The van der Waals surface area contributed by atoms with Crippen molar-refractivity contribution in [3.8, 4) is 56.4 Å². The zero-order chi connectivity index (χ0) is 52.2. The molecule has 8 aromatic carbocycles. The van der Waals surface area contributed by atoms with E-state index in [1.807, 2.05) is 0 Å². The van der Waals surface area contributed by atoms with Gasteiger partial charge in [-0.1, -0.05) is 72.8 Å². The van der Waals surface area contributed by atoms with Crippen LogP contribution in [0.3, 0.4) is 0 Å². The van der Waals surface area contributed by atoms with Gasteiger partial charge in [-0.05, 0) is 217 Å². The first-order valence-corrected chi connectivity index (χ1v) is 29.3. The molecule has 0 fully saturated rings. The standard InChI is InChI=1S/C66H64O8P2/c1-39-27-47(67-5)33-55-56-34-48(68-6)28-40(2)64(56)72-75(71-63(39)55)37-59-53(43-19-11-9-12-20-43)31-45-23-15-17-25-51(45)61(59)62-52-26-18-16-24-46(52)32-54(44-21-13-10-14-22-44)60(62)38-76-73-65-41(3)29-49(69-7)35-57(65)58-36-50(70-8)30-42(4)66(58)74-76/h9-14,19-22,27-36H,15-18,23-26,37-38H2,1-8H3. The first-order chi connectivity index (χ1) is 37.1. The van der Waals surface area contributed by atoms with Crippen molar-refractivity contribution in [2.75, 3.05) is 28.4 Å². The number of rotatable bonds is 11. The normalized spacial score (nSPS) is 13.2. The van der Waals surface area contributed by atoms with Gasteiger partial charge in [0.05, 0.1) is 40.8 Å². The van der Waals surface area contributed by atoms with Crippen LogP contribution < -0.4 is 18.9 Å². The average Bonchev–Trinajstić information content (AvgIpc) is 3.72. The molecule has 386 valence electrons. The lowest BCUT2D eigenvalue weighted by Crippen LogP contribution is -2.13. The molecular formula is C66H64O8P2. The van der Waals surface area contributed by atoms with E-state index in [9.17, 15) is 0 Å². The van der Waals surface area contributed by atoms with Gasteiger partial charge in [0.15, 0.2) is 0 Å². The average molecular weight is 1050 g/mol. The van der Waals surface area contributed by atoms with Crippen molar-refractivity contribution < 1.29 is 35.7 Å². The molecule has 0 unspecified atom stereocenters. The summed E-state index contributed by atoms with van der Waals surface area (Å²) in [7, 11) is 3.56. The minimum atomic E-state index is -1.65. The van der Waals surface area contributed by atoms with Gasteiger partial charge in [0, 0.05) is 21.5 Å². The van der Waals surface area contributed by atoms with Gasteiger partial charge in [0.1, 0.15) is 45.3 Å². The third kappa shape index (κ3) is 9.03. The monoisotopic (exact) mass is 1050 g/mol. The predicted octanol–water partition coefficient (Wildman–Crippen LogP) is 19.0. The molecule has 2 aromatic heterocycles. The molecule has 0 spiro atoms. The van der Waals surface area contributed by atoms with Gasteiger partial charge in [0.2, 0.25) is 16.0 Å². The lowest BCUT2D eigenvalue weighted by Gasteiger charge is -2.31. The van der Waals surface area contributed by atoms with E-state index in [2.05, 4.69) is 149 Å². The third-order valence-electron chi connectivity index (χ3n) is 15.8. The maximum Gasteiger partial charge on any atom is 0.221 e. The Balaban J connectivity index is 1.22. The molecule has 0 amide bonds.